The molecule has 0 fully saturated rings. The Labute approximate surface area is 757 Å². The number of aromatic nitrogens is 4. The zero-order valence-corrected chi connectivity index (χ0v) is 67.9. The molecule has 15 aromatic rings. The van der Waals surface area contributed by atoms with Gasteiger partial charge in [0.25, 0.3) is 0 Å². The largest absolute Gasteiger partial charge is 2.00 e. The van der Waals surface area contributed by atoms with Gasteiger partial charge in [-0.15, -0.1) is 43.7 Å². The van der Waals surface area contributed by atoms with Crippen molar-refractivity contribution in [1.82, 2.24) is 19.9 Å². The first-order valence-electron chi connectivity index (χ1n) is 38.0. The zero-order valence-electron chi connectivity index (χ0n) is 66.7. The summed E-state index contributed by atoms with van der Waals surface area (Å²) >= 11 is 0. The zero-order chi connectivity index (χ0) is 101. The van der Waals surface area contributed by atoms with Gasteiger partial charge in [-0.25, -0.2) is 186 Å². The van der Waals surface area contributed by atoms with Gasteiger partial charge in [-0.05, 0) is 70.8 Å². The number of fused-ring (bicyclic) bond motifs is 8. The summed E-state index contributed by atoms with van der Waals surface area (Å²) in [4.78, 5) is 18.3. The predicted octanol–water partition coefficient (Wildman–Crippen LogP) is 23.0. The van der Waals surface area contributed by atoms with Crippen LogP contribution in [-0.4, -0.2) is 32.2 Å². The van der Waals surface area contributed by atoms with Crippen LogP contribution in [0, 0.1) is 233 Å². The number of halogens is 40. The fraction of sp³-hybridized carbons (Fsp3) is 0. The minimum atomic E-state index is -7.22. The van der Waals surface area contributed by atoms with Crippen molar-refractivity contribution in [2.75, 3.05) is 0 Å². The number of hydrogen-bond acceptors (Lipinski definition) is 2. The topological polar surface area (TPSA) is 57.4 Å². The molecular weight excluding hydrogens is 2000 g/mol. The van der Waals surface area contributed by atoms with Gasteiger partial charge in [-0.1, -0.05) is 121 Å². The van der Waals surface area contributed by atoms with Gasteiger partial charge in [0.15, 0.2) is 140 Å². The van der Waals surface area contributed by atoms with Crippen molar-refractivity contribution in [2.24, 2.45) is 0 Å². The second-order valence-electron chi connectivity index (χ2n) is 29.6. The average molecular weight is 2030 g/mol. The molecule has 0 amide bonds. The molecule has 8 bridgehead atoms. The third-order valence-electron chi connectivity index (χ3n) is 22.4. The minimum Gasteiger partial charge on any atom is -0.354 e. The Bertz CT molecular complexity index is 6530. The van der Waals surface area contributed by atoms with Gasteiger partial charge in [0, 0.05) is 44.3 Å². The van der Waals surface area contributed by atoms with Gasteiger partial charge in [0.2, 0.25) is 0 Å². The van der Waals surface area contributed by atoms with E-state index < -0.39 is 289 Å². The first-order valence-corrected chi connectivity index (χ1v) is 38.0. The molecule has 0 atom stereocenters. The first-order chi connectivity index (χ1) is 65.2. The van der Waals surface area contributed by atoms with Crippen LogP contribution in [-0.2, 0) is 17.1 Å². The Morgan fingerprint density at radius 2 is 0.252 bits per heavy atom. The van der Waals surface area contributed by atoms with Crippen molar-refractivity contribution in [3.63, 3.8) is 0 Å². The van der Waals surface area contributed by atoms with Gasteiger partial charge in [-0.3, -0.25) is 0 Å². The minimum absolute atomic E-state index is 0. The molecule has 711 valence electrons. The van der Waals surface area contributed by atoms with Crippen molar-refractivity contribution in [1.29, 1.82) is 0 Å². The fourth-order valence-corrected chi connectivity index (χ4v) is 16.6. The third-order valence-corrected chi connectivity index (χ3v) is 22.4. The first kappa shape index (κ1) is 100. The number of nitrogens with zero attached hydrogens (tertiary/aromatic N) is 2. The smallest absolute Gasteiger partial charge is 0.354 e. The van der Waals surface area contributed by atoms with Crippen LogP contribution in [0.3, 0.4) is 0 Å². The molecule has 12 aromatic carbocycles. The van der Waals surface area contributed by atoms with E-state index in [4.69, 9.17) is 9.97 Å². The van der Waals surface area contributed by atoms with Crippen molar-refractivity contribution in [3.8, 4) is 44.5 Å². The van der Waals surface area contributed by atoms with Crippen LogP contribution >= 0.6 is 0 Å². The summed E-state index contributed by atoms with van der Waals surface area (Å²) in [5.74, 6) is -143. The molecule has 0 saturated heterocycles. The number of nitrogens with one attached hydrogen (secondary N) is 2. The molecule has 5 heterocycles. The van der Waals surface area contributed by atoms with Crippen LogP contribution < -0.4 is 43.7 Å². The second kappa shape index (κ2) is 37.5. The molecule has 0 aliphatic carbocycles. The molecule has 47 heteroatoms. The Morgan fingerprint density at radius 1 is 0.144 bits per heavy atom. The molecule has 0 saturated carbocycles. The van der Waals surface area contributed by atoms with E-state index in [0.717, 1.165) is 89.4 Å². The summed E-state index contributed by atoms with van der Waals surface area (Å²) in [6, 6.07) is 50.7. The van der Waals surface area contributed by atoms with E-state index in [1.165, 1.54) is 0 Å². The van der Waals surface area contributed by atoms with E-state index in [-0.39, 0.29) is 17.1 Å². The number of rotatable bonds is 12. The van der Waals surface area contributed by atoms with E-state index in [1.54, 1.807) is 0 Å². The molecule has 1 radical (unpaired) electrons. The summed E-state index contributed by atoms with van der Waals surface area (Å²) in [5.41, 5.74) is -12.5. The Balaban J connectivity index is 0.000000166. The van der Waals surface area contributed by atoms with Crippen molar-refractivity contribution >= 4 is 102 Å². The van der Waals surface area contributed by atoms with E-state index in [2.05, 4.69) is 156 Å². The molecule has 2 aliphatic heterocycles. The molecule has 139 heavy (non-hydrogen) atoms. The standard InChI is InChI=1S/C44H30N4.2C24BF20.Mn/c1-5-13-29(14-6-1)41-33-21-23-35(45-33)42(30-15-7-2-8-16-30)37-25-27-39(47-37)44(32-19-11-4-12-20-32)40-28-26-38(48-40)43(31-17-9-3-10-18-31)36-24-22-34(41)46-36;2*26-5-1(6(27)14(35)21(42)13(5)34)25(2-7(28)15(36)22(43)16(37)8(2)29,3-9(30)17(38)23(44)18(39)10(3)31)4-11(32)19(40)24(45)20(41)12(4)33;/h1-28,45,48H;;;/q;2*-1;+2. The number of H-pyrrole nitrogens is 2. The van der Waals surface area contributed by atoms with E-state index in [1.807, 2.05) is 24.3 Å². The number of aromatic amines is 2. The molecule has 0 spiro atoms. The molecule has 2 N–H and O–H groups in total. The van der Waals surface area contributed by atoms with Crippen LogP contribution in [0.15, 0.2) is 146 Å². The number of hydrogen-bond donors (Lipinski definition) is 2. The molecule has 4 nitrogen and oxygen atoms in total. The maximum absolute atomic E-state index is 15.4. The van der Waals surface area contributed by atoms with Gasteiger partial charge < -0.3 is 9.97 Å². The number of benzene rings is 12. The summed E-state index contributed by atoms with van der Waals surface area (Å²) < 4.78 is 588. The van der Waals surface area contributed by atoms with Crippen LogP contribution in [0.5, 0.6) is 0 Å². The average Bonchev–Trinajstić information content (AvgIpc) is 0.701. The summed E-state index contributed by atoms with van der Waals surface area (Å²) in [6.07, 6.45) is -5.89. The summed E-state index contributed by atoms with van der Waals surface area (Å²) in [6.45, 7) is 0. The van der Waals surface area contributed by atoms with E-state index in [0.29, 0.717) is 0 Å². The van der Waals surface area contributed by atoms with Gasteiger partial charge in [0.05, 0.1) is 22.8 Å². The Kier molecular flexibility index (Phi) is 27.0. The van der Waals surface area contributed by atoms with Crippen LogP contribution in [0.2, 0.25) is 0 Å². The van der Waals surface area contributed by atoms with Crippen LogP contribution in [0.1, 0.15) is 22.8 Å². The van der Waals surface area contributed by atoms with Gasteiger partial charge >= 0.3 is 17.1 Å². The molecule has 2 aliphatic rings. The molecular formula is C92H30B2F40MnN4. The molecule has 0 unspecified atom stereocenters. The van der Waals surface area contributed by atoms with Crippen molar-refractivity contribution in [3.05, 3.63) is 401 Å². The Hall–Kier alpha value is -14.9. The SMILES string of the molecule is C1=Cc2nc1c(-c1ccccc1)c1ccc([nH]1)c(-c1ccccc1)c1nc(c(-c3ccccc3)c3ccc([nH]3)c2-c2ccccc2)C=C1.Fc1c(F)c(F)c([B-](c2c(F)c(F)c(F)c(F)c2F)(c2c(F)c(F)c(F)c(F)c2F)c2c(F)c(F)c(F)c(F)c2F)c(F)c1F.Fc1c(F)c(F)c([B-](c2c(F)c(F)c(F)c(F)c2F)(c2c(F)c(F)c(F)c(F)c2F)c2c(F)c(F)c(F)c(F)c2F)c(F)c1F.[Mn+2]. The summed E-state index contributed by atoms with van der Waals surface area (Å²) in [7, 11) is 0. The molecule has 3 aromatic heterocycles. The van der Waals surface area contributed by atoms with Crippen molar-refractivity contribution < 1.29 is 193 Å². The Morgan fingerprint density at radius 3 is 0.367 bits per heavy atom. The predicted molar refractivity (Wildman–Crippen MR) is 419 cm³/mol. The summed E-state index contributed by atoms with van der Waals surface area (Å²) in [5, 5.41) is 0. The third kappa shape index (κ3) is 15.5. The van der Waals surface area contributed by atoms with Crippen molar-refractivity contribution in [2.45, 2.75) is 0 Å². The monoisotopic (exact) mass is 2030 g/mol. The normalized spacial score (nSPS) is 11.9. The second-order valence-corrected chi connectivity index (χ2v) is 29.6. The maximum atomic E-state index is 15.4. The van der Waals surface area contributed by atoms with Gasteiger partial charge in [-0.2, -0.15) is 0 Å². The van der Waals surface area contributed by atoms with Crippen LogP contribution in [0.4, 0.5) is 176 Å². The fourth-order valence-electron chi connectivity index (χ4n) is 16.6. The maximum Gasteiger partial charge on any atom is 2.00 e. The quantitative estimate of drug-likeness (QED) is 0.0554. The molecule has 17 rings (SSSR count). The van der Waals surface area contributed by atoms with Crippen LogP contribution in [0.25, 0.3) is 90.9 Å². The van der Waals surface area contributed by atoms with Gasteiger partial charge in [0.1, 0.15) is 105 Å². The van der Waals surface area contributed by atoms with E-state index in [9.17, 15) is 105 Å². The van der Waals surface area contributed by atoms with E-state index >= 15 is 70.2 Å².